The Morgan fingerprint density at radius 1 is 1.10 bits per heavy atom. The molecule has 2 nitrogen and oxygen atoms in total. The summed E-state index contributed by atoms with van der Waals surface area (Å²) in [6, 6.07) is 17.5. The number of alkyl halides is 1. The van der Waals surface area contributed by atoms with E-state index in [0.717, 1.165) is 11.3 Å². The summed E-state index contributed by atoms with van der Waals surface area (Å²) >= 11 is 5.86. The summed E-state index contributed by atoms with van der Waals surface area (Å²) in [7, 11) is 0. The summed E-state index contributed by atoms with van der Waals surface area (Å²) in [6.07, 6.45) is 0. The predicted octanol–water partition coefficient (Wildman–Crippen LogP) is 3.92. The predicted molar refractivity (Wildman–Crippen MR) is 84.9 cm³/mol. The maximum Gasteiger partial charge on any atom is 0.182 e. The number of carbonyl (C=O) groups is 1. The van der Waals surface area contributed by atoms with Crippen molar-refractivity contribution in [3.05, 3.63) is 65.7 Å². The molecule has 0 radical (unpaired) electrons. The van der Waals surface area contributed by atoms with Gasteiger partial charge in [-0.05, 0) is 24.6 Å². The Bertz CT molecular complexity index is 568. The minimum atomic E-state index is 0.109. The highest BCUT2D eigenvalue weighted by atomic mass is 35.5. The first-order valence-corrected chi connectivity index (χ1v) is 7.20. The van der Waals surface area contributed by atoms with Crippen molar-refractivity contribution in [2.45, 2.75) is 6.92 Å². The van der Waals surface area contributed by atoms with Crippen LogP contribution in [-0.4, -0.2) is 24.8 Å². The van der Waals surface area contributed by atoms with Gasteiger partial charge in [0.15, 0.2) is 5.78 Å². The number of anilines is 1. The fourth-order valence-corrected chi connectivity index (χ4v) is 2.32. The van der Waals surface area contributed by atoms with Gasteiger partial charge in [0.25, 0.3) is 0 Å². The number of rotatable bonds is 6. The van der Waals surface area contributed by atoms with Crippen LogP contribution in [0.4, 0.5) is 5.69 Å². The molecule has 0 unspecified atom stereocenters. The lowest BCUT2D eigenvalue weighted by atomic mass is 10.1. The average molecular weight is 288 g/mol. The van der Waals surface area contributed by atoms with E-state index in [4.69, 9.17) is 11.6 Å². The molecule has 0 bridgehead atoms. The molecule has 0 fully saturated rings. The summed E-state index contributed by atoms with van der Waals surface area (Å²) in [5.74, 6) is 0.605. The van der Waals surface area contributed by atoms with Crippen LogP contribution in [0.2, 0.25) is 0 Å². The molecule has 0 aliphatic rings. The molecule has 2 rings (SSSR count). The van der Waals surface area contributed by atoms with Gasteiger partial charge in [-0.2, -0.15) is 0 Å². The fourth-order valence-electron chi connectivity index (χ4n) is 2.11. The number of ketones is 1. The van der Waals surface area contributed by atoms with Crippen LogP contribution in [0.3, 0.4) is 0 Å². The van der Waals surface area contributed by atoms with Crippen LogP contribution in [0.5, 0.6) is 0 Å². The largest absolute Gasteiger partial charge is 0.363 e. The van der Waals surface area contributed by atoms with Gasteiger partial charge in [0.05, 0.1) is 6.54 Å². The average Bonchev–Trinajstić information content (AvgIpc) is 2.47. The number of Topliss-reactive ketones (excluding diaryl/α,β-unsaturated/α-hetero) is 1. The summed E-state index contributed by atoms with van der Waals surface area (Å²) in [4.78, 5) is 14.3. The quantitative estimate of drug-likeness (QED) is 0.593. The van der Waals surface area contributed by atoms with Crippen molar-refractivity contribution in [1.82, 2.24) is 0 Å². The Balaban J connectivity index is 2.16. The Kier molecular flexibility index (Phi) is 5.19. The Morgan fingerprint density at radius 3 is 2.50 bits per heavy atom. The van der Waals surface area contributed by atoms with Crippen molar-refractivity contribution < 1.29 is 4.79 Å². The highest BCUT2D eigenvalue weighted by Crippen LogP contribution is 2.16. The van der Waals surface area contributed by atoms with E-state index in [9.17, 15) is 4.79 Å². The van der Waals surface area contributed by atoms with Crippen LogP contribution in [0.15, 0.2) is 54.6 Å². The van der Waals surface area contributed by atoms with E-state index in [0.29, 0.717) is 19.0 Å². The van der Waals surface area contributed by atoms with E-state index in [1.165, 1.54) is 5.56 Å². The highest BCUT2D eigenvalue weighted by Gasteiger charge is 2.12. The SMILES string of the molecule is Cc1cccc(N(CCCl)CC(=O)c2ccccc2)c1. The first kappa shape index (κ1) is 14.6. The number of aryl methyl sites for hydroxylation is 1. The van der Waals surface area contributed by atoms with Crippen LogP contribution >= 0.6 is 11.6 Å². The van der Waals surface area contributed by atoms with Crippen LogP contribution in [0.1, 0.15) is 15.9 Å². The number of benzene rings is 2. The molecule has 0 aliphatic carbocycles. The van der Waals surface area contributed by atoms with Gasteiger partial charge in [0.1, 0.15) is 0 Å². The van der Waals surface area contributed by atoms with E-state index in [1.54, 1.807) is 0 Å². The van der Waals surface area contributed by atoms with Crippen LogP contribution < -0.4 is 4.90 Å². The zero-order chi connectivity index (χ0) is 14.4. The van der Waals surface area contributed by atoms with Crippen molar-refractivity contribution in [2.24, 2.45) is 0 Å². The Morgan fingerprint density at radius 2 is 1.85 bits per heavy atom. The first-order chi connectivity index (χ1) is 9.70. The third-order valence-corrected chi connectivity index (χ3v) is 3.32. The van der Waals surface area contributed by atoms with Crippen molar-refractivity contribution in [2.75, 3.05) is 23.9 Å². The monoisotopic (exact) mass is 287 g/mol. The van der Waals surface area contributed by atoms with Crippen LogP contribution in [0.25, 0.3) is 0 Å². The topological polar surface area (TPSA) is 20.3 Å². The van der Waals surface area contributed by atoms with Gasteiger partial charge >= 0.3 is 0 Å². The molecule has 0 spiro atoms. The summed E-state index contributed by atoms with van der Waals surface area (Å²) < 4.78 is 0. The van der Waals surface area contributed by atoms with Gasteiger partial charge < -0.3 is 4.90 Å². The summed E-state index contributed by atoms with van der Waals surface area (Å²) in [6.45, 7) is 3.05. The lowest BCUT2D eigenvalue weighted by molar-refractivity contribution is 0.0999. The third kappa shape index (κ3) is 3.84. The Labute approximate surface area is 125 Å². The molecule has 0 saturated carbocycles. The van der Waals surface area contributed by atoms with Gasteiger partial charge in [0.2, 0.25) is 0 Å². The molecular weight excluding hydrogens is 270 g/mol. The maximum absolute atomic E-state index is 12.3. The van der Waals surface area contributed by atoms with Crippen LogP contribution in [0, 0.1) is 6.92 Å². The van der Waals surface area contributed by atoms with E-state index < -0.39 is 0 Å². The van der Waals surface area contributed by atoms with Crippen molar-refractivity contribution in [3.63, 3.8) is 0 Å². The van der Waals surface area contributed by atoms with Crippen molar-refractivity contribution in [3.8, 4) is 0 Å². The smallest absolute Gasteiger partial charge is 0.182 e. The van der Waals surface area contributed by atoms with Gasteiger partial charge in [-0.3, -0.25) is 4.79 Å². The van der Waals surface area contributed by atoms with E-state index in [1.807, 2.05) is 60.4 Å². The van der Waals surface area contributed by atoms with Gasteiger partial charge in [-0.25, -0.2) is 0 Å². The molecular formula is C17H18ClNO. The first-order valence-electron chi connectivity index (χ1n) is 6.66. The molecule has 0 heterocycles. The van der Waals surface area contributed by atoms with Crippen molar-refractivity contribution >= 4 is 23.1 Å². The zero-order valence-corrected chi connectivity index (χ0v) is 12.3. The summed E-state index contributed by atoms with van der Waals surface area (Å²) in [5, 5.41) is 0. The summed E-state index contributed by atoms with van der Waals surface area (Å²) in [5.41, 5.74) is 2.95. The lowest BCUT2D eigenvalue weighted by Gasteiger charge is -2.23. The normalized spacial score (nSPS) is 10.3. The fraction of sp³-hybridized carbons (Fsp3) is 0.235. The molecule has 0 aromatic heterocycles. The molecule has 0 aliphatic heterocycles. The van der Waals surface area contributed by atoms with Gasteiger partial charge in [0, 0.05) is 23.7 Å². The molecule has 104 valence electrons. The van der Waals surface area contributed by atoms with E-state index in [-0.39, 0.29) is 5.78 Å². The highest BCUT2D eigenvalue weighted by molar-refractivity contribution is 6.18. The Hall–Kier alpha value is -1.80. The standard InChI is InChI=1S/C17H18ClNO/c1-14-6-5-9-16(12-14)19(11-10-18)13-17(20)15-7-3-2-4-8-15/h2-9,12H,10-11,13H2,1H3. The second-order valence-electron chi connectivity index (χ2n) is 4.74. The number of hydrogen-bond donors (Lipinski definition) is 0. The number of halogens is 1. The minimum absolute atomic E-state index is 0.109. The van der Waals surface area contributed by atoms with E-state index in [2.05, 4.69) is 6.07 Å². The van der Waals surface area contributed by atoms with Crippen molar-refractivity contribution in [1.29, 1.82) is 0 Å². The molecule has 3 heteroatoms. The number of carbonyl (C=O) groups excluding carboxylic acids is 1. The molecule has 0 atom stereocenters. The zero-order valence-electron chi connectivity index (χ0n) is 11.6. The van der Waals surface area contributed by atoms with E-state index >= 15 is 0 Å². The molecule has 0 amide bonds. The second-order valence-corrected chi connectivity index (χ2v) is 5.12. The van der Waals surface area contributed by atoms with Crippen LogP contribution in [-0.2, 0) is 0 Å². The maximum atomic E-state index is 12.3. The molecule has 2 aromatic rings. The third-order valence-electron chi connectivity index (χ3n) is 3.15. The minimum Gasteiger partial charge on any atom is -0.363 e. The lowest BCUT2D eigenvalue weighted by Crippen LogP contribution is -2.31. The molecule has 20 heavy (non-hydrogen) atoms. The van der Waals surface area contributed by atoms with Gasteiger partial charge in [-0.15, -0.1) is 11.6 Å². The number of hydrogen-bond acceptors (Lipinski definition) is 2. The molecule has 2 aromatic carbocycles. The molecule has 0 saturated heterocycles. The molecule has 0 N–H and O–H groups in total. The number of nitrogens with zero attached hydrogens (tertiary/aromatic N) is 1. The van der Waals surface area contributed by atoms with Gasteiger partial charge in [-0.1, -0.05) is 42.5 Å². The second kappa shape index (κ2) is 7.11.